The van der Waals surface area contributed by atoms with Crippen molar-refractivity contribution in [2.45, 2.75) is 25.8 Å². The van der Waals surface area contributed by atoms with Crippen LogP contribution in [0.4, 0.5) is 0 Å². The molecular formula is C17H19NO. The van der Waals surface area contributed by atoms with Gasteiger partial charge in [0.25, 0.3) is 0 Å². The predicted molar refractivity (Wildman–Crippen MR) is 78.1 cm³/mol. The van der Waals surface area contributed by atoms with E-state index in [4.69, 9.17) is 5.73 Å². The molecule has 0 aliphatic rings. The van der Waals surface area contributed by atoms with Gasteiger partial charge in [-0.2, -0.15) is 0 Å². The van der Waals surface area contributed by atoms with Crippen LogP contribution in [0.1, 0.15) is 40.9 Å². The third kappa shape index (κ3) is 3.52. The molecule has 1 unspecified atom stereocenters. The lowest BCUT2D eigenvalue weighted by atomic mass is 9.98. The average molecular weight is 253 g/mol. The lowest BCUT2D eigenvalue weighted by Crippen LogP contribution is -2.15. The number of carbonyl (C=O) groups excluding carboxylic acids is 1. The average Bonchev–Trinajstić information content (AvgIpc) is 2.48. The van der Waals surface area contributed by atoms with Crippen molar-refractivity contribution >= 4 is 5.78 Å². The summed E-state index contributed by atoms with van der Waals surface area (Å²) in [6.45, 7) is 2.10. The van der Waals surface area contributed by atoms with E-state index < -0.39 is 0 Å². The molecule has 0 saturated heterocycles. The first-order valence-electron chi connectivity index (χ1n) is 6.63. The summed E-state index contributed by atoms with van der Waals surface area (Å²) in [7, 11) is 0. The molecule has 0 radical (unpaired) electrons. The number of nitrogens with two attached hydrogens (primary N) is 1. The number of ketones is 1. The molecule has 0 heterocycles. The molecule has 2 heteroatoms. The second-order valence-corrected chi connectivity index (χ2v) is 4.69. The standard InChI is InChI=1S/C17H19NO/c1-2-13-8-10-15(11-9-13)17(19)12-16(18)14-6-4-3-5-7-14/h3-11,16H,2,12,18H2,1H3. The van der Waals surface area contributed by atoms with Gasteiger partial charge in [-0.3, -0.25) is 4.79 Å². The number of aryl methyl sites for hydroxylation is 1. The Kier molecular flexibility index (Phi) is 4.48. The Morgan fingerprint density at radius 2 is 1.68 bits per heavy atom. The fourth-order valence-corrected chi connectivity index (χ4v) is 2.06. The first kappa shape index (κ1) is 13.5. The first-order chi connectivity index (χ1) is 9.20. The minimum Gasteiger partial charge on any atom is -0.324 e. The minimum absolute atomic E-state index is 0.0963. The van der Waals surface area contributed by atoms with Gasteiger partial charge in [-0.05, 0) is 17.5 Å². The van der Waals surface area contributed by atoms with Crippen LogP contribution in [0.2, 0.25) is 0 Å². The Hall–Kier alpha value is -1.93. The summed E-state index contributed by atoms with van der Waals surface area (Å²) in [5, 5.41) is 0. The molecule has 0 aromatic heterocycles. The maximum Gasteiger partial charge on any atom is 0.164 e. The van der Waals surface area contributed by atoms with Crippen LogP contribution >= 0.6 is 0 Å². The summed E-state index contributed by atoms with van der Waals surface area (Å²) in [5.41, 5.74) is 9.05. The Morgan fingerprint density at radius 1 is 1.05 bits per heavy atom. The zero-order valence-electron chi connectivity index (χ0n) is 11.2. The smallest absolute Gasteiger partial charge is 0.164 e. The van der Waals surface area contributed by atoms with E-state index in [9.17, 15) is 4.79 Å². The van der Waals surface area contributed by atoms with Crippen molar-refractivity contribution in [1.82, 2.24) is 0 Å². The highest BCUT2D eigenvalue weighted by Gasteiger charge is 2.13. The van der Waals surface area contributed by atoms with Crippen LogP contribution in [0.15, 0.2) is 54.6 Å². The highest BCUT2D eigenvalue weighted by Crippen LogP contribution is 2.17. The second-order valence-electron chi connectivity index (χ2n) is 4.69. The molecule has 0 spiro atoms. The van der Waals surface area contributed by atoms with E-state index in [0.717, 1.165) is 17.5 Å². The largest absolute Gasteiger partial charge is 0.324 e. The molecule has 2 N–H and O–H groups in total. The highest BCUT2D eigenvalue weighted by molar-refractivity contribution is 5.96. The van der Waals surface area contributed by atoms with E-state index in [1.54, 1.807) is 0 Å². The maximum atomic E-state index is 12.1. The number of rotatable bonds is 5. The SMILES string of the molecule is CCc1ccc(C(=O)CC(N)c2ccccc2)cc1. The fourth-order valence-electron chi connectivity index (χ4n) is 2.06. The quantitative estimate of drug-likeness (QED) is 0.828. The van der Waals surface area contributed by atoms with E-state index in [1.165, 1.54) is 5.56 Å². The monoisotopic (exact) mass is 253 g/mol. The van der Waals surface area contributed by atoms with Gasteiger partial charge in [-0.1, -0.05) is 61.5 Å². The Morgan fingerprint density at radius 3 is 2.26 bits per heavy atom. The van der Waals surface area contributed by atoms with Crippen LogP contribution in [0.3, 0.4) is 0 Å². The van der Waals surface area contributed by atoms with Gasteiger partial charge in [0.05, 0.1) is 0 Å². The number of Topliss-reactive ketones (excluding diaryl/α,β-unsaturated/α-hetero) is 1. The van der Waals surface area contributed by atoms with Crippen molar-refractivity contribution in [3.63, 3.8) is 0 Å². The molecule has 2 nitrogen and oxygen atoms in total. The van der Waals surface area contributed by atoms with Crippen molar-refractivity contribution in [2.75, 3.05) is 0 Å². The highest BCUT2D eigenvalue weighted by atomic mass is 16.1. The van der Waals surface area contributed by atoms with Gasteiger partial charge < -0.3 is 5.73 Å². The Balaban J connectivity index is 2.04. The zero-order valence-corrected chi connectivity index (χ0v) is 11.2. The van der Waals surface area contributed by atoms with E-state index in [1.807, 2.05) is 54.6 Å². The van der Waals surface area contributed by atoms with Crippen LogP contribution in [0.25, 0.3) is 0 Å². The molecule has 98 valence electrons. The molecule has 1 atom stereocenters. The summed E-state index contributed by atoms with van der Waals surface area (Å²) in [5.74, 6) is 0.0963. The third-order valence-electron chi connectivity index (χ3n) is 3.32. The molecular weight excluding hydrogens is 234 g/mol. The van der Waals surface area contributed by atoms with E-state index in [0.29, 0.717) is 6.42 Å². The van der Waals surface area contributed by atoms with Crippen molar-refractivity contribution in [3.05, 3.63) is 71.3 Å². The molecule has 0 aliphatic heterocycles. The molecule has 2 aromatic carbocycles. The second kappa shape index (κ2) is 6.30. The third-order valence-corrected chi connectivity index (χ3v) is 3.32. The maximum absolute atomic E-state index is 12.1. The van der Waals surface area contributed by atoms with Crippen LogP contribution in [0.5, 0.6) is 0 Å². The summed E-state index contributed by atoms with van der Waals surface area (Å²) < 4.78 is 0. The molecule has 0 amide bonds. The lowest BCUT2D eigenvalue weighted by Gasteiger charge is -2.11. The van der Waals surface area contributed by atoms with Crippen LogP contribution < -0.4 is 5.73 Å². The molecule has 0 saturated carbocycles. The molecule has 2 rings (SSSR count). The van der Waals surface area contributed by atoms with Crippen molar-refractivity contribution in [1.29, 1.82) is 0 Å². The fraction of sp³-hybridized carbons (Fsp3) is 0.235. The molecule has 0 fully saturated rings. The molecule has 19 heavy (non-hydrogen) atoms. The lowest BCUT2D eigenvalue weighted by molar-refractivity contribution is 0.0974. The molecule has 0 bridgehead atoms. The normalized spacial score (nSPS) is 12.1. The van der Waals surface area contributed by atoms with Crippen LogP contribution in [-0.2, 0) is 6.42 Å². The minimum atomic E-state index is -0.237. The van der Waals surface area contributed by atoms with E-state index in [-0.39, 0.29) is 11.8 Å². The number of carbonyl (C=O) groups is 1. The number of hydrogen-bond acceptors (Lipinski definition) is 2. The molecule has 0 aliphatic carbocycles. The van der Waals surface area contributed by atoms with Gasteiger partial charge in [-0.15, -0.1) is 0 Å². The summed E-state index contributed by atoms with van der Waals surface area (Å²) >= 11 is 0. The van der Waals surface area contributed by atoms with Crippen molar-refractivity contribution < 1.29 is 4.79 Å². The topological polar surface area (TPSA) is 43.1 Å². The van der Waals surface area contributed by atoms with Crippen molar-refractivity contribution in [2.24, 2.45) is 5.73 Å². The predicted octanol–water partition coefficient (Wildman–Crippen LogP) is 3.52. The van der Waals surface area contributed by atoms with Gasteiger partial charge in [0.2, 0.25) is 0 Å². The van der Waals surface area contributed by atoms with Gasteiger partial charge in [0, 0.05) is 18.0 Å². The van der Waals surface area contributed by atoms with Gasteiger partial charge in [0.15, 0.2) is 5.78 Å². The summed E-state index contributed by atoms with van der Waals surface area (Å²) in [6, 6.07) is 17.3. The zero-order chi connectivity index (χ0) is 13.7. The van der Waals surface area contributed by atoms with E-state index >= 15 is 0 Å². The van der Waals surface area contributed by atoms with Gasteiger partial charge in [-0.25, -0.2) is 0 Å². The summed E-state index contributed by atoms with van der Waals surface area (Å²) in [6.07, 6.45) is 1.33. The summed E-state index contributed by atoms with van der Waals surface area (Å²) in [4.78, 5) is 12.1. The van der Waals surface area contributed by atoms with Gasteiger partial charge >= 0.3 is 0 Å². The number of benzene rings is 2. The van der Waals surface area contributed by atoms with Crippen LogP contribution in [-0.4, -0.2) is 5.78 Å². The Labute approximate surface area is 114 Å². The van der Waals surface area contributed by atoms with Gasteiger partial charge in [0.1, 0.15) is 0 Å². The van der Waals surface area contributed by atoms with Crippen LogP contribution in [0, 0.1) is 0 Å². The molecule has 2 aromatic rings. The Bertz CT molecular complexity index is 531. The van der Waals surface area contributed by atoms with Crippen molar-refractivity contribution in [3.8, 4) is 0 Å². The number of hydrogen-bond donors (Lipinski definition) is 1. The van der Waals surface area contributed by atoms with E-state index in [2.05, 4.69) is 6.92 Å². The first-order valence-corrected chi connectivity index (χ1v) is 6.63.